The van der Waals surface area contributed by atoms with Gasteiger partial charge in [0.05, 0.1) is 0 Å². The molecule has 0 heterocycles. The molecule has 0 amide bonds. The van der Waals surface area contributed by atoms with Crippen LogP contribution in [-0.2, 0) is 10.1 Å². The first-order valence-electron chi connectivity index (χ1n) is 3.83. The van der Waals surface area contributed by atoms with Crippen molar-refractivity contribution in [3.05, 3.63) is 0 Å². The predicted molar refractivity (Wildman–Crippen MR) is 47.3 cm³/mol. The van der Waals surface area contributed by atoms with E-state index >= 15 is 0 Å². The zero-order valence-electron chi connectivity index (χ0n) is 7.16. The first-order valence-corrected chi connectivity index (χ1v) is 5.44. The maximum Gasteiger partial charge on any atom is 0.278 e. The number of rotatable bonds is 6. The van der Waals surface area contributed by atoms with Gasteiger partial charge in [0.2, 0.25) is 0 Å². The molecule has 0 rings (SSSR count). The summed E-state index contributed by atoms with van der Waals surface area (Å²) in [4.78, 5) is 0. The maximum atomic E-state index is 10.2. The lowest BCUT2D eigenvalue weighted by Crippen LogP contribution is -2.25. The van der Waals surface area contributed by atoms with E-state index in [1.165, 1.54) is 0 Å². The zero-order chi connectivity index (χ0) is 9.61. The Morgan fingerprint density at radius 2 is 2.17 bits per heavy atom. The summed E-state index contributed by atoms with van der Waals surface area (Å²) in [5.74, 6) is -0.383. The first kappa shape index (κ1) is 11.8. The number of nitrogens with two attached hydrogens (primary N) is 1. The highest BCUT2D eigenvalue weighted by Crippen LogP contribution is 1.90. The van der Waals surface area contributed by atoms with E-state index in [1.807, 2.05) is 6.92 Å². The van der Waals surface area contributed by atoms with Gasteiger partial charge in [0.25, 0.3) is 10.1 Å². The molecule has 1 atom stereocenters. The minimum Gasteiger partial charge on any atom is -0.328 e. The third-order valence-corrected chi connectivity index (χ3v) is 1.87. The molecule has 1 unspecified atom stereocenters. The van der Waals surface area contributed by atoms with Gasteiger partial charge in [0.1, 0.15) is 5.88 Å². The standard InChI is InChI=1S/C6H16N2O3S/c1-6(7)3-2-4-8-5-12(9,10)11/h6,8H,2-5,7H2,1H3,(H,9,10,11). The van der Waals surface area contributed by atoms with Crippen LogP contribution in [0.1, 0.15) is 19.8 Å². The third kappa shape index (κ3) is 9.83. The van der Waals surface area contributed by atoms with Crippen LogP contribution in [0.4, 0.5) is 0 Å². The van der Waals surface area contributed by atoms with Crippen LogP contribution in [0.3, 0.4) is 0 Å². The largest absolute Gasteiger partial charge is 0.328 e. The summed E-state index contributed by atoms with van der Waals surface area (Å²) >= 11 is 0. The van der Waals surface area contributed by atoms with Crippen LogP contribution in [0.2, 0.25) is 0 Å². The van der Waals surface area contributed by atoms with E-state index in [0.717, 1.165) is 12.8 Å². The average molecular weight is 196 g/mol. The molecule has 0 radical (unpaired) electrons. The zero-order valence-corrected chi connectivity index (χ0v) is 7.97. The molecule has 0 bridgehead atoms. The molecule has 0 fully saturated rings. The molecular formula is C6H16N2O3S. The smallest absolute Gasteiger partial charge is 0.278 e. The van der Waals surface area contributed by atoms with E-state index in [2.05, 4.69) is 5.32 Å². The quantitative estimate of drug-likeness (QED) is 0.395. The molecule has 5 nitrogen and oxygen atoms in total. The highest BCUT2D eigenvalue weighted by molar-refractivity contribution is 7.85. The van der Waals surface area contributed by atoms with Crippen LogP contribution in [0.5, 0.6) is 0 Å². The number of hydrogen-bond acceptors (Lipinski definition) is 4. The van der Waals surface area contributed by atoms with Crippen molar-refractivity contribution in [3.63, 3.8) is 0 Å². The highest BCUT2D eigenvalue weighted by Gasteiger charge is 2.01. The summed E-state index contributed by atoms with van der Waals surface area (Å²) in [6.45, 7) is 2.45. The van der Waals surface area contributed by atoms with E-state index in [9.17, 15) is 8.42 Å². The molecule has 0 saturated carbocycles. The molecule has 0 aromatic carbocycles. The fraction of sp³-hybridized carbons (Fsp3) is 1.00. The first-order chi connectivity index (χ1) is 5.42. The van der Waals surface area contributed by atoms with Crippen molar-refractivity contribution in [2.24, 2.45) is 5.73 Å². The van der Waals surface area contributed by atoms with Gasteiger partial charge in [0.15, 0.2) is 0 Å². The molecule has 0 aromatic heterocycles. The maximum absolute atomic E-state index is 10.2. The van der Waals surface area contributed by atoms with Crippen molar-refractivity contribution in [3.8, 4) is 0 Å². The van der Waals surface area contributed by atoms with Crippen molar-refractivity contribution in [2.75, 3.05) is 12.4 Å². The Morgan fingerprint density at radius 3 is 2.58 bits per heavy atom. The normalized spacial score (nSPS) is 14.6. The highest BCUT2D eigenvalue weighted by atomic mass is 32.2. The van der Waals surface area contributed by atoms with E-state index in [-0.39, 0.29) is 11.9 Å². The summed E-state index contributed by atoms with van der Waals surface area (Å²) in [5.41, 5.74) is 5.47. The minimum absolute atomic E-state index is 0.137. The fourth-order valence-corrected chi connectivity index (χ4v) is 1.15. The Kier molecular flexibility index (Phi) is 5.39. The van der Waals surface area contributed by atoms with Crippen LogP contribution >= 0.6 is 0 Å². The Labute approximate surface area is 73.1 Å². The van der Waals surface area contributed by atoms with E-state index in [0.29, 0.717) is 6.54 Å². The van der Waals surface area contributed by atoms with Crippen molar-refractivity contribution >= 4 is 10.1 Å². The minimum atomic E-state index is -3.87. The Bertz CT molecular complexity index is 201. The summed E-state index contributed by atoms with van der Waals surface area (Å²) in [6.07, 6.45) is 1.66. The second-order valence-corrected chi connectivity index (χ2v) is 4.30. The lowest BCUT2D eigenvalue weighted by Gasteiger charge is -2.04. The second kappa shape index (κ2) is 5.47. The van der Waals surface area contributed by atoms with Crippen molar-refractivity contribution in [1.29, 1.82) is 0 Å². The monoisotopic (exact) mass is 196 g/mol. The van der Waals surface area contributed by atoms with Gasteiger partial charge in [-0.15, -0.1) is 0 Å². The van der Waals surface area contributed by atoms with Crippen molar-refractivity contribution < 1.29 is 13.0 Å². The van der Waals surface area contributed by atoms with E-state index in [4.69, 9.17) is 10.3 Å². The average Bonchev–Trinajstić information content (AvgIpc) is 1.83. The van der Waals surface area contributed by atoms with Crippen LogP contribution < -0.4 is 11.1 Å². The van der Waals surface area contributed by atoms with Gasteiger partial charge in [-0.2, -0.15) is 8.42 Å². The van der Waals surface area contributed by atoms with Crippen LogP contribution in [0.15, 0.2) is 0 Å². The van der Waals surface area contributed by atoms with Crippen molar-refractivity contribution in [2.45, 2.75) is 25.8 Å². The van der Waals surface area contributed by atoms with Crippen LogP contribution in [0, 0.1) is 0 Å². The summed E-state index contributed by atoms with van der Waals surface area (Å²) in [7, 11) is -3.87. The molecule has 0 aliphatic carbocycles. The molecule has 4 N–H and O–H groups in total. The SMILES string of the molecule is CC(N)CCCNCS(=O)(=O)O. The predicted octanol–water partition coefficient (Wildman–Crippen LogP) is -0.451. The lowest BCUT2D eigenvalue weighted by atomic mass is 10.2. The second-order valence-electron chi connectivity index (χ2n) is 2.85. The summed E-state index contributed by atoms with van der Waals surface area (Å²) in [5, 5.41) is 2.59. The molecule has 0 aromatic rings. The van der Waals surface area contributed by atoms with Gasteiger partial charge in [0, 0.05) is 6.04 Å². The Hall–Kier alpha value is -0.170. The molecule has 0 aliphatic rings. The molecule has 12 heavy (non-hydrogen) atoms. The molecule has 6 heteroatoms. The molecule has 74 valence electrons. The Morgan fingerprint density at radius 1 is 1.58 bits per heavy atom. The van der Waals surface area contributed by atoms with Gasteiger partial charge < -0.3 is 11.1 Å². The molecule has 0 spiro atoms. The van der Waals surface area contributed by atoms with Gasteiger partial charge in [-0.1, -0.05) is 0 Å². The lowest BCUT2D eigenvalue weighted by molar-refractivity contribution is 0.474. The topological polar surface area (TPSA) is 92.4 Å². The summed E-state index contributed by atoms with van der Waals surface area (Å²) < 4.78 is 28.7. The third-order valence-electron chi connectivity index (χ3n) is 1.30. The van der Waals surface area contributed by atoms with Crippen molar-refractivity contribution in [1.82, 2.24) is 5.32 Å². The fourth-order valence-electron chi connectivity index (χ4n) is 0.750. The van der Waals surface area contributed by atoms with Gasteiger partial charge in [-0.3, -0.25) is 4.55 Å². The van der Waals surface area contributed by atoms with Crippen LogP contribution in [-0.4, -0.2) is 31.4 Å². The van der Waals surface area contributed by atoms with E-state index in [1.54, 1.807) is 0 Å². The summed E-state index contributed by atoms with van der Waals surface area (Å²) in [6, 6.07) is 0.137. The molecule has 0 saturated heterocycles. The molecular weight excluding hydrogens is 180 g/mol. The van der Waals surface area contributed by atoms with Gasteiger partial charge in [-0.25, -0.2) is 0 Å². The molecule has 0 aliphatic heterocycles. The van der Waals surface area contributed by atoms with Gasteiger partial charge >= 0.3 is 0 Å². The Balaban J connectivity index is 3.23. The number of nitrogens with one attached hydrogen (secondary N) is 1. The van der Waals surface area contributed by atoms with Gasteiger partial charge in [-0.05, 0) is 26.3 Å². The van der Waals surface area contributed by atoms with Crippen LogP contribution in [0.25, 0.3) is 0 Å². The number of hydrogen-bond donors (Lipinski definition) is 3. The van der Waals surface area contributed by atoms with E-state index < -0.39 is 10.1 Å².